The molecule has 24 heavy (non-hydrogen) atoms. The summed E-state index contributed by atoms with van der Waals surface area (Å²) in [4.78, 5) is 28.2. The van der Waals surface area contributed by atoms with Crippen LogP contribution in [0.25, 0.3) is 0 Å². The first-order valence-electron chi connectivity index (χ1n) is 8.29. The lowest BCUT2D eigenvalue weighted by molar-refractivity contribution is -0.124. The maximum atomic E-state index is 12.6. The van der Waals surface area contributed by atoms with Gasteiger partial charge in [-0.25, -0.2) is 0 Å². The van der Waals surface area contributed by atoms with Gasteiger partial charge in [0.25, 0.3) is 5.91 Å². The molecule has 134 valence electrons. The van der Waals surface area contributed by atoms with E-state index < -0.39 is 0 Å². The second-order valence-corrected chi connectivity index (χ2v) is 6.31. The number of carbonyl (C=O) groups excluding carboxylic acids is 2. The molecule has 1 N–H and O–H groups in total. The molecule has 1 saturated heterocycles. The number of amides is 2. The molecule has 1 aromatic rings. The summed E-state index contributed by atoms with van der Waals surface area (Å²) in [6.07, 6.45) is 1.69. The van der Waals surface area contributed by atoms with Crippen molar-refractivity contribution in [1.82, 2.24) is 24.9 Å². The van der Waals surface area contributed by atoms with Crippen molar-refractivity contribution in [3.63, 3.8) is 0 Å². The number of aryl methyl sites for hydroxylation is 1. The van der Waals surface area contributed by atoms with Gasteiger partial charge in [-0.15, -0.1) is 5.10 Å². The molecule has 2 heterocycles. The normalized spacial score (nSPS) is 15.6. The molecule has 8 nitrogen and oxygen atoms in total. The van der Waals surface area contributed by atoms with E-state index in [1.54, 1.807) is 17.9 Å². The van der Waals surface area contributed by atoms with Crippen molar-refractivity contribution < 1.29 is 14.3 Å². The monoisotopic (exact) mass is 337 g/mol. The Bertz CT molecular complexity index is 576. The van der Waals surface area contributed by atoms with Gasteiger partial charge in [0.2, 0.25) is 11.8 Å². The van der Waals surface area contributed by atoms with Crippen LogP contribution >= 0.6 is 0 Å². The van der Waals surface area contributed by atoms with E-state index >= 15 is 0 Å². The summed E-state index contributed by atoms with van der Waals surface area (Å²) < 4.78 is 6.75. The van der Waals surface area contributed by atoms with Gasteiger partial charge in [-0.3, -0.25) is 19.2 Å². The van der Waals surface area contributed by atoms with Crippen LogP contribution in [0.4, 0.5) is 0 Å². The minimum Gasteiger partial charge on any atom is -0.479 e. The largest absolute Gasteiger partial charge is 0.479 e. The fourth-order valence-electron chi connectivity index (χ4n) is 2.65. The number of aromatic nitrogens is 2. The van der Waals surface area contributed by atoms with Crippen LogP contribution in [0.15, 0.2) is 6.20 Å². The van der Waals surface area contributed by atoms with Gasteiger partial charge in [-0.1, -0.05) is 13.8 Å². The third kappa shape index (κ3) is 4.47. The molecule has 0 radical (unpaired) electrons. The van der Waals surface area contributed by atoms with Crippen LogP contribution in [0.2, 0.25) is 0 Å². The molecule has 0 saturated carbocycles. The molecule has 0 spiro atoms. The van der Waals surface area contributed by atoms with Crippen LogP contribution in [0.5, 0.6) is 5.88 Å². The van der Waals surface area contributed by atoms with Crippen LogP contribution in [0.3, 0.4) is 0 Å². The second-order valence-electron chi connectivity index (χ2n) is 6.31. The van der Waals surface area contributed by atoms with E-state index in [0.29, 0.717) is 31.1 Å². The number of nitrogens with one attached hydrogen (secondary N) is 1. The van der Waals surface area contributed by atoms with Crippen molar-refractivity contribution in [2.45, 2.75) is 13.8 Å². The molecule has 0 atom stereocenters. The van der Waals surface area contributed by atoms with Gasteiger partial charge in [0.05, 0.1) is 7.11 Å². The highest BCUT2D eigenvalue weighted by molar-refractivity contribution is 5.96. The van der Waals surface area contributed by atoms with Gasteiger partial charge in [0.1, 0.15) is 5.56 Å². The highest BCUT2D eigenvalue weighted by Crippen LogP contribution is 2.18. The SMILES string of the molecule is COc1nn(C)cc1C(=O)N1CCN(CCNC(=O)C(C)C)CC1. The Kier molecular flexibility index (Phi) is 6.19. The van der Waals surface area contributed by atoms with E-state index in [1.807, 2.05) is 18.7 Å². The highest BCUT2D eigenvalue weighted by Gasteiger charge is 2.26. The average molecular weight is 337 g/mol. The molecule has 2 rings (SSSR count). The minimum absolute atomic E-state index is 0.00827. The minimum atomic E-state index is -0.0484. The second kappa shape index (κ2) is 8.14. The van der Waals surface area contributed by atoms with Crippen LogP contribution in [-0.2, 0) is 11.8 Å². The highest BCUT2D eigenvalue weighted by atomic mass is 16.5. The lowest BCUT2D eigenvalue weighted by atomic mass is 10.2. The van der Waals surface area contributed by atoms with Gasteiger partial charge in [-0.05, 0) is 0 Å². The molecule has 1 aliphatic heterocycles. The number of hydrogen-bond acceptors (Lipinski definition) is 5. The third-order valence-electron chi connectivity index (χ3n) is 4.13. The van der Waals surface area contributed by atoms with E-state index in [1.165, 1.54) is 7.11 Å². The van der Waals surface area contributed by atoms with Gasteiger partial charge < -0.3 is 15.0 Å². The maximum Gasteiger partial charge on any atom is 0.261 e. The summed E-state index contributed by atoms with van der Waals surface area (Å²) in [6, 6.07) is 0. The predicted molar refractivity (Wildman–Crippen MR) is 90.0 cm³/mol. The third-order valence-corrected chi connectivity index (χ3v) is 4.13. The summed E-state index contributed by atoms with van der Waals surface area (Å²) in [5.74, 6) is 0.399. The Morgan fingerprint density at radius 2 is 1.96 bits per heavy atom. The van der Waals surface area contributed by atoms with Crippen molar-refractivity contribution in [3.05, 3.63) is 11.8 Å². The number of piperazine rings is 1. The molecule has 0 aromatic carbocycles. The van der Waals surface area contributed by atoms with Gasteiger partial charge in [0.15, 0.2) is 0 Å². The first-order chi connectivity index (χ1) is 11.4. The molecular formula is C16H27N5O3. The van der Waals surface area contributed by atoms with Crippen molar-refractivity contribution in [3.8, 4) is 5.88 Å². The Balaban J connectivity index is 1.80. The molecule has 0 aliphatic carbocycles. The van der Waals surface area contributed by atoms with E-state index in [4.69, 9.17) is 4.74 Å². The van der Waals surface area contributed by atoms with Crippen molar-refractivity contribution in [1.29, 1.82) is 0 Å². The van der Waals surface area contributed by atoms with Crippen LogP contribution in [-0.4, -0.2) is 77.8 Å². The lowest BCUT2D eigenvalue weighted by Crippen LogP contribution is -2.50. The number of methoxy groups -OCH3 is 1. The molecule has 1 aromatic heterocycles. The first-order valence-corrected chi connectivity index (χ1v) is 8.29. The van der Waals surface area contributed by atoms with Crippen molar-refractivity contribution in [2.75, 3.05) is 46.4 Å². The van der Waals surface area contributed by atoms with Crippen molar-refractivity contribution >= 4 is 11.8 Å². The van der Waals surface area contributed by atoms with Crippen LogP contribution in [0, 0.1) is 5.92 Å². The molecule has 1 fully saturated rings. The number of rotatable bonds is 6. The Labute approximate surface area is 142 Å². The van der Waals surface area contributed by atoms with Gasteiger partial charge in [0, 0.05) is 58.4 Å². The fourth-order valence-corrected chi connectivity index (χ4v) is 2.65. The lowest BCUT2D eigenvalue weighted by Gasteiger charge is -2.34. The van der Waals surface area contributed by atoms with E-state index in [9.17, 15) is 9.59 Å². The molecule has 1 aliphatic rings. The molecule has 0 bridgehead atoms. The zero-order chi connectivity index (χ0) is 17.7. The van der Waals surface area contributed by atoms with Crippen LogP contribution < -0.4 is 10.1 Å². The summed E-state index contributed by atoms with van der Waals surface area (Å²) in [5.41, 5.74) is 0.498. The molecule has 2 amide bonds. The summed E-state index contributed by atoms with van der Waals surface area (Å²) in [6.45, 7) is 8.12. The maximum absolute atomic E-state index is 12.6. The zero-order valence-electron chi connectivity index (χ0n) is 14.9. The zero-order valence-corrected chi connectivity index (χ0v) is 14.9. The Morgan fingerprint density at radius 3 is 2.54 bits per heavy atom. The Hall–Kier alpha value is -2.09. The topological polar surface area (TPSA) is 79.7 Å². The van der Waals surface area contributed by atoms with E-state index in [0.717, 1.165) is 19.6 Å². The standard InChI is InChI=1S/C16H27N5O3/c1-12(2)14(22)17-5-6-20-7-9-21(10-8-20)16(23)13-11-19(3)18-15(13)24-4/h11-12H,5-10H2,1-4H3,(H,17,22). The summed E-state index contributed by atoms with van der Waals surface area (Å²) in [7, 11) is 3.28. The van der Waals surface area contributed by atoms with E-state index in [2.05, 4.69) is 15.3 Å². The van der Waals surface area contributed by atoms with E-state index in [-0.39, 0.29) is 17.7 Å². The number of ether oxygens (including phenoxy) is 1. The predicted octanol–water partition coefficient (Wildman–Crippen LogP) is -0.0413. The average Bonchev–Trinajstić information content (AvgIpc) is 2.95. The molecule has 8 heteroatoms. The summed E-state index contributed by atoms with van der Waals surface area (Å²) >= 11 is 0. The van der Waals surface area contributed by atoms with Crippen LogP contribution in [0.1, 0.15) is 24.2 Å². The first kappa shape index (κ1) is 18.3. The smallest absolute Gasteiger partial charge is 0.261 e. The number of hydrogen-bond donors (Lipinski definition) is 1. The molecule has 0 unspecified atom stereocenters. The fraction of sp³-hybridized carbons (Fsp3) is 0.688. The Morgan fingerprint density at radius 1 is 1.29 bits per heavy atom. The number of nitrogens with zero attached hydrogens (tertiary/aromatic N) is 4. The number of carbonyl (C=O) groups is 2. The van der Waals surface area contributed by atoms with Gasteiger partial charge >= 0.3 is 0 Å². The van der Waals surface area contributed by atoms with Crippen molar-refractivity contribution in [2.24, 2.45) is 13.0 Å². The summed E-state index contributed by atoms with van der Waals surface area (Å²) in [5, 5.41) is 7.05. The quantitative estimate of drug-likeness (QED) is 0.788. The molecular weight excluding hydrogens is 310 g/mol. The van der Waals surface area contributed by atoms with Gasteiger partial charge in [-0.2, -0.15) is 0 Å².